The average Bonchev–Trinajstić information content (AvgIpc) is 2.96. The molecule has 0 aliphatic carbocycles. The molecule has 1 aliphatic rings. The first-order valence-corrected chi connectivity index (χ1v) is 13.5. The summed E-state index contributed by atoms with van der Waals surface area (Å²) in [5.41, 5.74) is 3.09. The van der Waals surface area contributed by atoms with Gasteiger partial charge in [-0.15, -0.1) is 0 Å². The monoisotopic (exact) mass is 531 g/mol. The number of piperidine rings is 1. The lowest BCUT2D eigenvalue weighted by molar-refractivity contribution is -0.133. The molecule has 206 valence electrons. The fourth-order valence-electron chi connectivity index (χ4n) is 5.10. The second kappa shape index (κ2) is 12.9. The molecule has 0 saturated carbocycles. The fraction of sp³-hybridized carbons (Fsp3) is 0.375. The molecule has 2 N–H and O–H groups in total. The highest BCUT2D eigenvalue weighted by Crippen LogP contribution is 2.35. The third kappa shape index (κ3) is 7.67. The van der Waals surface area contributed by atoms with Crippen LogP contribution in [0.25, 0.3) is 0 Å². The van der Waals surface area contributed by atoms with Crippen LogP contribution in [0.1, 0.15) is 53.7 Å². The van der Waals surface area contributed by atoms with Crippen LogP contribution >= 0.6 is 0 Å². The summed E-state index contributed by atoms with van der Waals surface area (Å²) in [4.78, 5) is 28.1. The van der Waals surface area contributed by atoms with Crippen molar-refractivity contribution in [2.45, 2.75) is 46.3 Å². The van der Waals surface area contributed by atoms with Crippen LogP contribution in [0.15, 0.2) is 72.8 Å². The Balaban J connectivity index is 1.22. The number of rotatable bonds is 10. The van der Waals surface area contributed by atoms with Gasteiger partial charge < -0.3 is 15.4 Å². The van der Waals surface area contributed by atoms with E-state index in [2.05, 4.69) is 15.5 Å². The van der Waals surface area contributed by atoms with E-state index in [0.717, 1.165) is 54.9 Å². The van der Waals surface area contributed by atoms with Gasteiger partial charge in [0.25, 0.3) is 5.91 Å². The first kappa shape index (κ1) is 28.3. The number of methoxy groups -OCH3 is 1. The van der Waals surface area contributed by atoms with Crippen molar-refractivity contribution in [1.82, 2.24) is 15.5 Å². The van der Waals surface area contributed by atoms with E-state index in [4.69, 9.17) is 4.74 Å². The zero-order valence-electron chi connectivity index (χ0n) is 23.0. The van der Waals surface area contributed by atoms with E-state index in [0.29, 0.717) is 18.7 Å². The van der Waals surface area contributed by atoms with Gasteiger partial charge in [-0.2, -0.15) is 0 Å². The van der Waals surface area contributed by atoms with Crippen molar-refractivity contribution in [2.75, 3.05) is 20.2 Å². The lowest BCUT2D eigenvalue weighted by Crippen LogP contribution is -2.46. The third-order valence-electron chi connectivity index (χ3n) is 7.77. The number of amides is 2. The molecule has 0 unspecified atom stereocenters. The maximum atomic E-state index is 13.2. The van der Waals surface area contributed by atoms with Gasteiger partial charge in [0.05, 0.1) is 7.11 Å². The predicted octanol–water partition coefficient (Wildman–Crippen LogP) is 5.32. The minimum atomic E-state index is -0.484. The fourth-order valence-corrected chi connectivity index (χ4v) is 5.10. The molecule has 0 bridgehead atoms. The van der Waals surface area contributed by atoms with Crippen molar-refractivity contribution in [2.24, 2.45) is 11.3 Å². The van der Waals surface area contributed by atoms with E-state index in [9.17, 15) is 14.0 Å². The Bertz CT molecular complexity index is 1250. The van der Waals surface area contributed by atoms with E-state index >= 15 is 0 Å². The van der Waals surface area contributed by atoms with E-state index < -0.39 is 5.41 Å². The van der Waals surface area contributed by atoms with Crippen LogP contribution in [0.3, 0.4) is 0 Å². The molecular weight excluding hydrogens is 493 g/mol. The molecule has 1 aliphatic heterocycles. The van der Waals surface area contributed by atoms with Crippen LogP contribution in [0.5, 0.6) is 5.75 Å². The number of benzene rings is 3. The number of carbonyl (C=O) groups is 2. The highest BCUT2D eigenvalue weighted by atomic mass is 19.1. The molecule has 39 heavy (non-hydrogen) atoms. The smallest absolute Gasteiger partial charge is 0.251 e. The summed E-state index contributed by atoms with van der Waals surface area (Å²) in [6.07, 6.45) is 1.89. The Morgan fingerprint density at radius 2 is 1.54 bits per heavy atom. The molecule has 0 atom stereocenters. The highest BCUT2D eigenvalue weighted by molar-refractivity contribution is 5.94. The second-order valence-electron chi connectivity index (χ2n) is 10.8. The first-order valence-electron chi connectivity index (χ1n) is 13.5. The molecule has 1 heterocycles. The number of nitrogens with one attached hydrogen (secondary N) is 2. The second-order valence-corrected chi connectivity index (χ2v) is 10.8. The minimum absolute atomic E-state index is 0.0413. The van der Waals surface area contributed by atoms with Crippen molar-refractivity contribution < 1.29 is 18.7 Å². The zero-order valence-corrected chi connectivity index (χ0v) is 23.0. The first-order chi connectivity index (χ1) is 18.7. The van der Waals surface area contributed by atoms with E-state index in [1.807, 2.05) is 62.4 Å². The molecule has 0 aromatic heterocycles. The van der Waals surface area contributed by atoms with E-state index in [1.165, 1.54) is 12.1 Å². The Labute approximate surface area is 230 Å². The molecule has 7 heteroatoms. The van der Waals surface area contributed by atoms with Gasteiger partial charge in [0.1, 0.15) is 11.6 Å². The summed E-state index contributed by atoms with van der Waals surface area (Å²) in [6.45, 7) is 7.51. The minimum Gasteiger partial charge on any atom is -0.497 e. The third-order valence-corrected chi connectivity index (χ3v) is 7.77. The molecule has 0 radical (unpaired) electrons. The predicted molar refractivity (Wildman–Crippen MR) is 151 cm³/mol. The number of likely N-dealkylation sites (tertiary alicyclic amines) is 1. The molecule has 3 aromatic carbocycles. The van der Waals surface area contributed by atoms with Crippen LogP contribution in [0.2, 0.25) is 0 Å². The topological polar surface area (TPSA) is 70.7 Å². The van der Waals surface area contributed by atoms with Crippen LogP contribution in [0, 0.1) is 17.2 Å². The Kier molecular flexibility index (Phi) is 9.36. The molecule has 6 nitrogen and oxygen atoms in total. The van der Waals surface area contributed by atoms with Gasteiger partial charge in [-0.1, -0.05) is 50.2 Å². The summed E-state index contributed by atoms with van der Waals surface area (Å²) in [5, 5.41) is 6.03. The number of carbonyl (C=O) groups excluding carboxylic acids is 2. The summed E-state index contributed by atoms with van der Waals surface area (Å²) >= 11 is 0. The normalized spacial score (nSPS) is 14.6. The van der Waals surface area contributed by atoms with Crippen molar-refractivity contribution in [3.05, 3.63) is 101 Å². The highest BCUT2D eigenvalue weighted by Gasteiger charge is 2.38. The van der Waals surface area contributed by atoms with Crippen LogP contribution in [-0.2, 0) is 24.4 Å². The number of nitrogens with zero attached hydrogens (tertiary/aromatic N) is 1. The van der Waals surface area contributed by atoms with Gasteiger partial charge in [-0.25, -0.2) is 4.39 Å². The average molecular weight is 532 g/mol. The number of hydrogen-bond acceptors (Lipinski definition) is 4. The molecule has 0 spiro atoms. The van der Waals surface area contributed by atoms with E-state index in [-0.39, 0.29) is 23.5 Å². The Hall–Kier alpha value is -3.71. The van der Waals surface area contributed by atoms with Gasteiger partial charge in [0, 0.05) is 30.6 Å². The number of halogens is 1. The van der Waals surface area contributed by atoms with Gasteiger partial charge in [0.2, 0.25) is 5.91 Å². The standard InChI is InChI=1S/C32H38FN3O3/c1-32(2,27-15-17-36(18-16-27)22-24-9-13-28(33)14-10-24)31(38)35-20-23-7-11-26(12-8-23)30(37)34-21-25-5-4-6-29(19-25)39-3/h4-14,19,27H,15-18,20-22H2,1-3H3,(H,34,37)(H,35,38). The van der Waals surface area contributed by atoms with Gasteiger partial charge in [-0.05, 0) is 84.9 Å². The molecule has 1 saturated heterocycles. The van der Waals surface area contributed by atoms with Crippen molar-refractivity contribution >= 4 is 11.8 Å². The largest absolute Gasteiger partial charge is 0.497 e. The lowest BCUT2D eigenvalue weighted by atomic mass is 9.73. The van der Waals surface area contributed by atoms with Crippen molar-refractivity contribution in [1.29, 1.82) is 0 Å². The van der Waals surface area contributed by atoms with Gasteiger partial charge in [-0.3, -0.25) is 14.5 Å². The Morgan fingerprint density at radius 1 is 0.897 bits per heavy atom. The zero-order chi connectivity index (χ0) is 27.8. The van der Waals surface area contributed by atoms with Crippen LogP contribution in [-0.4, -0.2) is 36.9 Å². The quantitative estimate of drug-likeness (QED) is 0.372. The maximum absolute atomic E-state index is 13.2. The maximum Gasteiger partial charge on any atom is 0.251 e. The lowest BCUT2D eigenvalue weighted by Gasteiger charge is -2.39. The molecule has 3 aromatic rings. The van der Waals surface area contributed by atoms with Gasteiger partial charge in [0.15, 0.2) is 0 Å². The summed E-state index contributed by atoms with van der Waals surface area (Å²) in [6, 6.07) is 21.6. The summed E-state index contributed by atoms with van der Waals surface area (Å²) in [5.74, 6) is 0.716. The molecule has 4 rings (SSSR count). The van der Waals surface area contributed by atoms with Crippen LogP contribution < -0.4 is 15.4 Å². The Morgan fingerprint density at radius 3 is 2.21 bits per heavy atom. The van der Waals surface area contributed by atoms with Crippen molar-refractivity contribution in [3.8, 4) is 5.75 Å². The number of ether oxygens (including phenoxy) is 1. The van der Waals surface area contributed by atoms with Gasteiger partial charge >= 0.3 is 0 Å². The van der Waals surface area contributed by atoms with E-state index in [1.54, 1.807) is 19.2 Å². The molecular formula is C32H38FN3O3. The van der Waals surface area contributed by atoms with Crippen molar-refractivity contribution in [3.63, 3.8) is 0 Å². The number of hydrogen-bond donors (Lipinski definition) is 2. The summed E-state index contributed by atoms with van der Waals surface area (Å²) in [7, 11) is 1.62. The van der Waals surface area contributed by atoms with Crippen LogP contribution in [0.4, 0.5) is 4.39 Å². The molecule has 1 fully saturated rings. The summed E-state index contributed by atoms with van der Waals surface area (Å²) < 4.78 is 18.4. The SMILES string of the molecule is COc1cccc(CNC(=O)c2ccc(CNC(=O)C(C)(C)C3CCN(Cc4ccc(F)cc4)CC3)cc2)c1. The molecule has 2 amide bonds.